The summed E-state index contributed by atoms with van der Waals surface area (Å²) in [7, 11) is 0. The number of hydrogen-bond donors (Lipinski definition) is 0. The fourth-order valence-corrected chi connectivity index (χ4v) is 7.37. The molecule has 1 aliphatic rings. The lowest BCUT2D eigenvalue weighted by Crippen LogP contribution is -2.10. The van der Waals surface area contributed by atoms with E-state index in [0.29, 0.717) is 5.56 Å². The van der Waals surface area contributed by atoms with Crippen LogP contribution in [0.5, 0.6) is 0 Å². The van der Waals surface area contributed by atoms with Crippen molar-refractivity contribution in [2.45, 2.75) is 40.0 Å². The van der Waals surface area contributed by atoms with E-state index in [2.05, 4.69) is 145 Å². The van der Waals surface area contributed by atoms with Gasteiger partial charge in [0.15, 0.2) is 0 Å². The van der Waals surface area contributed by atoms with Gasteiger partial charge in [-0.05, 0) is 90.4 Å². The van der Waals surface area contributed by atoms with Gasteiger partial charge in [-0.25, -0.2) is 0 Å². The Labute approximate surface area is 264 Å². The van der Waals surface area contributed by atoms with Crippen LogP contribution in [-0.2, 0) is 6.42 Å². The highest BCUT2D eigenvalue weighted by Crippen LogP contribution is 2.40. The van der Waals surface area contributed by atoms with Gasteiger partial charge in [-0.15, -0.1) is 0 Å². The molecule has 1 aliphatic carbocycles. The van der Waals surface area contributed by atoms with Crippen LogP contribution in [0.4, 0.5) is 0 Å². The molecule has 0 unspecified atom stereocenters. The van der Waals surface area contributed by atoms with Gasteiger partial charge in [0, 0.05) is 38.8 Å². The maximum atomic E-state index is 9.56. The van der Waals surface area contributed by atoms with E-state index in [9.17, 15) is 5.26 Å². The third kappa shape index (κ3) is 4.66. The van der Waals surface area contributed by atoms with Crippen LogP contribution in [0.1, 0.15) is 50.4 Å². The maximum Gasteiger partial charge on any atom is 0.0991 e. The lowest BCUT2D eigenvalue weighted by Gasteiger charge is -2.24. The third-order valence-electron chi connectivity index (χ3n) is 9.15. The van der Waals surface area contributed by atoms with Crippen LogP contribution in [0.15, 0.2) is 121 Å². The van der Waals surface area contributed by atoms with Gasteiger partial charge in [-0.2, -0.15) is 5.26 Å². The van der Waals surface area contributed by atoms with Crippen molar-refractivity contribution in [2.75, 3.05) is 0 Å². The molecule has 5 aromatic carbocycles. The maximum absolute atomic E-state index is 9.56. The fourth-order valence-electron chi connectivity index (χ4n) is 7.37. The van der Waals surface area contributed by atoms with E-state index in [1.807, 2.05) is 12.1 Å². The molecule has 0 saturated carbocycles. The van der Waals surface area contributed by atoms with Crippen molar-refractivity contribution in [2.24, 2.45) is 5.41 Å². The highest BCUT2D eigenvalue weighted by Gasteiger charge is 2.23. The van der Waals surface area contributed by atoms with E-state index in [1.165, 1.54) is 39.0 Å². The van der Waals surface area contributed by atoms with Crippen molar-refractivity contribution < 1.29 is 0 Å². The minimum Gasteiger partial charge on any atom is -0.313 e. The van der Waals surface area contributed by atoms with Gasteiger partial charge in [0.2, 0.25) is 0 Å². The number of aromatic nitrogens is 2. The lowest BCUT2D eigenvalue weighted by atomic mass is 9.83. The Hall–Kier alpha value is -5.33. The van der Waals surface area contributed by atoms with Crippen LogP contribution in [0.3, 0.4) is 0 Å². The van der Waals surface area contributed by atoms with Crippen molar-refractivity contribution in [3.63, 3.8) is 0 Å². The molecule has 45 heavy (non-hydrogen) atoms. The quantitative estimate of drug-likeness (QED) is 0.204. The Bertz CT molecular complexity index is 2350. The highest BCUT2D eigenvalue weighted by molar-refractivity contribution is 6.09. The van der Waals surface area contributed by atoms with Gasteiger partial charge in [0.05, 0.1) is 28.2 Å². The van der Waals surface area contributed by atoms with E-state index in [0.717, 1.165) is 46.8 Å². The number of nitriles is 1. The first-order valence-electron chi connectivity index (χ1n) is 15.8. The summed E-state index contributed by atoms with van der Waals surface area (Å²) in [5.41, 5.74) is 13.5. The Morgan fingerprint density at radius 2 is 1.24 bits per heavy atom. The molecule has 7 aromatic rings. The Kier molecular flexibility index (Phi) is 6.29. The number of fused-ring (bicyclic) bond motifs is 6. The molecule has 0 radical (unpaired) electrons. The predicted molar refractivity (Wildman–Crippen MR) is 188 cm³/mol. The van der Waals surface area contributed by atoms with Gasteiger partial charge >= 0.3 is 0 Å². The molecule has 0 bridgehead atoms. The summed E-state index contributed by atoms with van der Waals surface area (Å²) in [5, 5.41) is 13.1. The first-order chi connectivity index (χ1) is 21.9. The average molecular weight is 582 g/mol. The average Bonchev–Trinajstić information content (AvgIpc) is 3.56. The minimum atomic E-state index is 0.281. The summed E-state index contributed by atoms with van der Waals surface area (Å²) in [6, 6.07) is 43.4. The number of para-hydroxylation sites is 2. The summed E-state index contributed by atoms with van der Waals surface area (Å²) in [6.07, 6.45) is 5.76. The summed E-state index contributed by atoms with van der Waals surface area (Å²) in [4.78, 5) is 0. The minimum absolute atomic E-state index is 0.281. The van der Waals surface area contributed by atoms with Crippen molar-refractivity contribution in [1.29, 1.82) is 5.26 Å². The van der Waals surface area contributed by atoms with Crippen LogP contribution in [0, 0.1) is 16.7 Å². The molecule has 2 heterocycles. The number of hydrogen-bond acceptors (Lipinski definition) is 1. The molecule has 0 spiro atoms. The van der Waals surface area contributed by atoms with E-state index in [4.69, 9.17) is 0 Å². The largest absolute Gasteiger partial charge is 0.313 e. The number of allylic oxidation sites excluding steroid dienone is 1. The van der Waals surface area contributed by atoms with Crippen LogP contribution in [-0.4, -0.2) is 9.13 Å². The molecule has 0 fully saturated rings. The standard InChI is InChI=1S/C42H35N3/c1-42(2,3)26-28-18-20-40-36(22-28)34-14-4-6-16-38(34)44(40)32-12-8-10-30(24-32)31-11-9-13-33(25-31)45-39-17-7-5-15-35(39)37-23-29(27-43)19-21-41(37)45/h4-17,19,21-25H,18,20,26H2,1-3H3. The zero-order valence-electron chi connectivity index (χ0n) is 26.0. The van der Waals surface area contributed by atoms with Crippen molar-refractivity contribution >= 4 is 38.8 Å². The molecule has 0 saturated heterocycles. The smallest absolute Gasteiger partial charge is 0.0991 e. The second-order valence-corrected chi connectivity index (χ2v) is 13.5. The predicted octanol–water partition coefficient (Wildman–Crippen LogP) is 11.0. The molecule has 0 atom stereocenters. The van der Waals surface area contributed by atoms with Crippen LogP contribution in [0.2, 0.25) is 0 Å². The first-order valence-corrected chi connectivity index (χ1v) is 15.8. The highest BCUT2D eigenvalue weighted by atomic mass is 15.0. The lowest BCUT2D eigenvalue weighted by molar-refractivity contribution is 0.404. The molecule has 2 aromatic heterocycles. The topological polar surface area (TPSA) is 33.6 Å². The fraction of sp³-hybridized carbons (Fsp3) is 0.167. The van der Waals surface area contributed by atoms with Gasteiger partial charge < -0.3 is 9.13 Å². The molecule has 0 N–H and O–H groups in total. The van der Waals surface area contributed by atoms with E-state index in [-0.39, 0.29) is 5.41 Å². The van der Waals surface area contributed by atoms with E-state index >= 15 is 0 Å². The summed E-state index contributed by atoms with van der Waals surface area (Å²) >= 11 is 0. The van der Waals surface area contributed by atoms with Crippen LogP contribution >= 0.6 is 0 Å². The number of benzene rings is 5. The molecule has 0 amide bonds. The van der Waals surface area contributed by atoms with Crippen LogP contribution < -0.4 is 0 Å². The second-order valence-electron chi connectivity index (χ2n) is 13.5. The molecule has 3 heteroatoms. The first kappa shape index (κ1) is 27.2. The van der Waals surface area contributed by atoms with Crippen molar-refractivity contribution in [1.82, 2.24) is 9.13 Å². The molecule has 0 aliphatic heterocycles. The van der Waals surface area contributed by atoms with E-state index < -0.39 is 0 Å². The normalized spacial score (nSPS) is 13.2. The molecule has 8 rings (SSSR count). The zero-order valence-corrected chi connectivity index (χ0v) is 26.0. The van der Waals surface area contributed by atoms with E-state index in [1.54, 1.807) is 5.57 Å². The Balaban J connectivity index is 1.25. The Morgan fingerprint density at radius 3 is 1.93 bits per heavy atom. The molecule has 3 nitrogen and oxygen atoms in total. The second kappa shape index (κ2) is 10.4. The Morgan fingerprint density at radius 1 is 0.622 bits per heavy atom. The SMILES string of the molecule is CC(C)(C)CC1=Cc2c(n(-c3cccc(-c4cccc(-n5c6ccccc6c6cc(C#N)ccc65)c4)c3)c3ccccc23)CC1. The zero-order chi connectivity index (χ0) is 30.7. The summed E-state index contributed by atoms with van der Waals surface area (Å²) in [5.74, 6) is 0. The molecular weight excluding hydrogens is 546 g/mol. The summed E-state index contributed by atoms with van der Waals surface area (Å²) in [6.45, 7) is 7.00. The summed E-state index contributed by atoms with van der Waals surface area (Å²) < 4.78 is 4.80. The number of rotatable bonds is 4. The van der Waals surface area contributed by atoms with Gasteiger partial charge in [0.25, 0.3) is 0 Å². The van der Waals surface area contributed by atoms with Gasteiger partial charge in [-0.3, -0.25) is 0 Å². The number of nitrogens with zero attached hydrogens (tertiary/aromatic N) is 3. The van der Waals surface area contributed by atoms with Crippen molar-refractivity contribution in [3.05, 3.63) is 138 Å². The third-order valence-corrected chi connectivity index (χ3v) is 9.15. The van der Waals surface area contributed by atoms with Crippen LogP contribution in [0.25, 0.3) is 61.3 Å². The molecular formula is C42H35N3. The van der Waals surface area contributed by atoms with Gasteiger partial charge in [-0.1, -0.05) is 93.1 Å². The van der Waals surface area contributed by atoms with Crippen molar-refractivity contribution in [3.8, 4) is 28.6 Å². The van der Waals surface area contributed by atoms with Gasteiger partial charge in [0.1, 0.15) is 0 Å². The molecule has 218 valence electrons. The monoisotopic (exact) mass is 581 g/mol.